The predicted molar refractivity (Wildman–Crippen MR) is 100 cm³/mol. The van der Waals surface area contributed by atoms with E-state index >= 15 is 0 Å². The van der Waals surface area contributed by atoms with Crippen molar-refractivity contribution in [3.8, 4) is 16.9 Å². The summed E-state index contributed by atoms with van der Waals surface area (Å²) in [6.45, 7) is 2.76. The molecule has 0 unspecified atom stereocenters. The normalized spacial score (nSPS) is 13.8. The zero-order chi connectivity index (χ0) is 18.3. The lowest BCUT2D eigenvalue weighted by molar-refractivity contribution is 0.585. The van der Waals surface area contributed by atoms with E-state index in [1.807, 2.05) is 25.1 Å². The number of halogens is 3. The molecular weight excluding hydrogens is 356 g/mol. The van der Waals surface area contributed by atoms with Gasteiger partial charge in [-0.1, -0.05) is 17.7 Å². The van der Waals surface area contributed by atoms with Gasteiger partial charge in [0, 0.05) is 28.8 Å². The minimum absolute atomic E-state index is 0.309. The van der Waals surface area contributed by atoms with Gasteiger partial charge in [-0.05, 0) is 56.0 Å². The smallest absolute Gasteiger partial charge is 0.135 e. The molecule has 1 N–H and O–H groups in total. The van der Waals surface area contributed by atoms with E-state index in [4.69, 9.17) is 11.6 Å². The summed E-state index contributed by atoms with van der Waals surface area (Å²) >= 11 is 6.28. The van der Waals surface area contributed by atoms with E-state index in [9.17, 15) is 8.78 Å². The molecule has 134 valence electrons. The van der Waals surface area contributed by atoms with Gasteiger partial charge < -0.3 is 5.32 Å². The molecule has 2 heterocycles. The first-order valence-corrected chi connectivity index (χ1v) is 9.00. The highest BCUT2D eigenvalue weighted by Gasteiger charge is 2.23. The molecule has 2 aromatic carbocycles. The zero-order valence-electron chi connectivity index (χ0n) is 14.3. The summed E-state index contributed by atoms with van der Waals surface area (Å²) < 4.78 is 29.5. The van der Waals surface area contributed by atoms with E-state index in [0.717, 1.165) is 54.5 Å². The minimum atomic E-state index is -0.608. The molecule has 3 nitrogen and oxygen atoms in total. The van der Waals surface area contributed by atoms with Crippen LogP contribution < -0.4 is 5.32 Å². The molecule has 0 spiro atoms. The van der Waals surface area contributed by atoms with Crippen molar-refractivity contribution in [1.29, 1.82) is 0 Å². The maximum absolute atomic E-state index is 14.4. The van der Waals surface area contributed by atoms with Crippen molar-refractivity contribution in [3.05, 3.63) is 64.2 Å². The monoisotopic (exact) mass is 373 g/mol. The van der Waals surface area contributed by atoms with E-state index in [1.54, 1.807) is 4.68 Å². The van der Waals surface area contributed by atoms with E-state index < -0.39 is 11.6 Å². The predicted octanol–water partition coefficient (Wildman–Crippen LogP) is 5.53. The maximum atomic E-state index is 14.4. The molecule has 4 rings (SSSR count). The average Bonchev–Trinajstić information content (AvgIpc) is 2.79. The second-order valence-electron chi connectivity index (χ2n) is 6.53. The fraction of sp³-hybridized carbons (Fsp3) is 0.250. The van der Waals surface area contributed by atoms with Crippen LogP contribution in [0.3, 0.4) is 0 Å². The topological polar surface area (TPSA) is 29.9 Å². The quantitative estimate of drug-likeness (QED) is 0.640. The molecule has 0 saturated heterocycles. The molecule has 1 aromatic heterocycles. The van der Waals surface area contributed by atoms with Gasteiger partial charge in [0.25, 0.3) is 0 Å². The molecule has 6 heteroatoms. The van der Waals surface area contributed by atoms with Crippen LogP contribution in [0.5, 0.6) is 0 Å². The molecule has 26 heavy (non-hydrogen) atoms. The van der Waals surface area contributed by atoms with Crippen LogP contribution >= 0.6 is 11.6 Å². The largest absolute Gasteiger partial charge is 0.370 e. The highest BCUT2D eigenvalue weighted by atomic mass is 35.5. The minimum Gasteiger partial charge on any atom is -0.370 e. The van der Waals surface area contributed by atoms with Gasteiger partial charge in [0.15, 0.2) is 0 Å². The van der Waals surface area contributed by atoms with Gasteiger partial charge in [0.2, 0.25) is 0 Å². The van der Waals surface area contributed by atoms with E-state index in [1.165, 1.54) is 12.1 Å². The first-order chi connectivity index (χ1) is 12.5. The van der Waals surface area contributed by atoms with Gasteiger partial charge in [0.05, 0.1) is 5.69 Å². The molecule has 0 radical (unpaired) electrons. The summed E-state index contributed by atoms with van der Waals surface area (Å²) in [7, 11) is 0. The van der Waals surface area contributed by atoms with Gasteiger partial charge in [-0.3, -0.25) is 0 Å². The first kappa shape index (κ1) is 17.0. The summed E-state index contributed by atoms with van der Waals surface area (Å²) in [6, 6.07) is 9.32. The number of anilines is 1. The lowest BCUT2D eigenvalue weighted by Crippen LogP contribution is -2.07. The molecule has 0 atom stereocenters. The number of hydrogen-bond acceptors (Lipinski definition) is 2. The van der Waals surface area contributed by atoms with Crippen molar-refractivity contribution in [2.24, 2.45) is 0 Å². The van der Waals surface area contributed by atoms with Crippen molar-refractivity contribution >= 4 is 17.4 Å². The Labute approximate surface area is 155 Å². The Hall–Kier alpha value is -2.40. The Balaban J connectivity index is 1.93. The van der Waals surface area contributed by atoms with E-state index in [0.29, 0.717) is 16.3 Å². The van der Waals surface area contributed by atoms with Crippen LogP contribution in [-0.2, 0) is 6.42 Å². The van der Waals surface area contributed by atoms with Crippen LogP contribution in [0.25, 0.3) is 16.9 Å². The summed E-state index contributed by atoms with van der Waals surface area (Å²) in [5.74, 6) is -0.356. The van der Waals surface area contributed by atoms with Crippen molar-refractivity contribution in [2.75, 3.05) is 11.9 Å². The summed E-state index contributed by atoms with van der Waals surface area (Å²) in [6.07, 6.45) is 2.79. The third-order valence-corrected chi connectivity index (χ3v) is 5.12. The summed E-state index contributed by atoms with van der Waals surface area (Å²) in [5.41, 5.74) is 3.59. The fourth-order valence-electron chi connectivity index (χ4n) is 3.30. The standard InChI is InChI=1S/C20H18ClF2N3/c1-12-5-7-14(11-17(12)21)26-20-16(4-2-3-9-24-20)19(25-26)15-8-6-13(22)10-18(15)23/h5-8,10-11,24H,2-4,9H2,1H3. The lowest BCUT2D eigenvalue weighted by Gasteiger charge is -2.10. The Morgan fingerprint density at radius 2 is 1.96 bits per heavy atom. The SMILES string of the molecule is Cc1ccc(-n2nc(-c3ccc(F)cc3F)c3c2NCCCC3)cc1Cl. The molecule has 0 saturated carbocycles. The second kappa shape index (κ2) is 6.72. The van der Waals surface area contributed by atoms with Crippen LogP contribution in [-0.4, -0.2) is 16.3 Å². The number of aromatic nitrogens is 2. The Morgan fingerprint density at radius 1 is 1.12 bits per heavy atom. The Morgan fingerprint density at radius 3 is 2.73 bits per heavy atom. The van der Waals surface area contributed by atoms with Crippen molar-refractivity contribution in [1.82, 2.24) is 9.78 Å². The third-order valence-electron chi connectivity index (χ3n) is 4.72. The fourth-order valence-corrected chi connectivity index (χ4v) is 3.48. The van der Waals surface area contributed by atoms with Crippen molar-refractivity contribution in [3.63, 3.8) is 0 Å². The van der Waals surface area contributed by atoms with Crippen LogP contribution in [0, 0.1) is 18.6 Å². The van der Waals surface area contributed by atoms with Crippen LogP contribution in [0.15, 0.2) is 36.4 Å². The number of hydrogen-bond donors (Lipinski definition) is 1. The van der Waals surface area contributed by atoms with Crippen LogP contribution in [0.2, 0.25) is 5.02 Å². The molecule has 0 bridgehead atoms. The lowest BCUT2D eigenvalue weighted by atomic mass is 10.0. The van der Waals surface area contributed by atoms with E-state index in [2.05, 4.69) is 10.4 Å². The third kappa shape index (κ3) is 2.97. The first-order valence-electron chi connectivity index (χ1n) is 8.62. The van der Waals surface area contributed by atoms with Crippen molar-refractivity contribution < 1.29 is 8.78 Å². The van der Waals surface area contributed by atoms with E-state index in [-0.39, 0.29) is 0 Å². The average molecular weight is 374 g/mol. The zero-order valence-corrected chi connectivity index (χ0v) is 15.1. The molecule has 0 fully saturated rings. The highest BCUT2D eigenvalue weighted by Crippen LogP contribution is 2.35. The Kier molecular flexibility index (Phi) is 4.41. The number of rotatable bonds is 2. The second-order valence-corrected chi connectivity index (χ2v) is 6.94. The number of benzene rings is 2. The molecule has 1 aliphatic heterocycles. The highest BCUT2D eigenvalue weighted by molar-refractivity contribution is 6.31. The van der Waals surface area contributed by atoms with Gasteiger partial charge in [-0.15, -0.1) is 0 Å². The van der Waals surface area contributed by atoms with Gasteiger partial charge >= 0.3 is 0 Å². The summed E-state index contributed by atoms with van der Waals surface area (Å²) in [5, 5.41) is 8.72. The van der Waals surface area contributed by atoms with Gasteiger partial charge in [-0.2, -0.15) is 5.10 Å². The van der Waals surface area contributed by atoms with Crippen LogP contribution in [0.4, 0.5) is 14.6 Å². The number of fused-ring (bicyclic) bond motifs is 1. The van der Waals surface area contributed by atoms with Gasteiger partial charge in [0.1, 0.15) is 23.1 Å². The number of aryl methyl sites for hydroxylation is 1. The number of nitrogens with zero attached hydrogens (tertiary/aromatic N) is 2. The van der Waals surface area contributed by atoms with Gasteiger partial charge in [-0.25, -0.2) is 13.5 Å². The van der Waals surface area contributed by atoms with Crippen molar-refractivity contribution in [2.45, 2.75) is 26.2 Å². The molecule has 0 amide bonds. The molecular formula is C20H18ClF2N3. The molecule has 0 aliphatic carbocycles. The summed E-state index contributed by atoms with van der Waals surface area (Å²) in [4.78, 5) is 0. The molecule has 1 aliphatic rings. The molecule has 3 aromatic rings. The number of nitrogens with one attached hydrogen (secondary N) is 1. The Bertz CT molecular complexity index is 981. The van der Waals surface area contributed by atoms with Crippen LogP contribution in [0.1, 0.15) is 24.0 Å². The maximum Gasteiger partial charge on any atom is 0.135 e.